The van der Waals surface area contributed by atoms with E-state index in [1.54, 1.807) is 12.1 Å². The van der Waals surface area contributed by atoms with E-state index in [2.05, 4.69) is 4.72 Å². The Balaban J connectivity index is 2.35. The van der Waals surface area contributed by atoms with Gasteiger partial charge in [0.05, 0.1) is 19.1 Å². The third kappa shape index (κ3) is 2.70. The molecule has 1 aromatic rings. The number of hydrogen-bond donors (Lipinski definition) is 2. The molecule has 1 aliphatic rings. The summed E-state index contributed by atoms with van der Waals surface area (Å²) in [4.78, 5) is 0. The van der Waals surface area contributed by atoms with E-state index in [0.29, 0.717) is 11.4 Å². The molecule has 17 heavy (non-hydrogen) atoms. The number of methoxy groups -OCH3 is 1. The summed E-state index contributed by atoms with van der Waals surface area (Å²) in [7, 11) is -1.80. The Kier molecular flexibility index (Phi) is 2.79. The molecule has 0 aromatic heterocycles. The second-order valence-corrected chi connectivity index (χ2v) is 6.19. The Morgan fingerprint density at radius 1 is 1.41 bits per heavy atom. The lowest BCUT2D eigenvalue weighted by molar-refractivity contribution is 0.415. The predicted molar refractivity (Wildman–Crippen MR) is 66.6 cm³/mol. The monoisotopic (exact) mass is 256 g/mol. The highest BCUT2D eigenvalue weighted by molar-refractivity contribution is 7.92. The minimum atomic E-state index is -3.30. The zero-order valence-electron chi connectivity index (χ0n) is 9.86. The lowest BCUT2D eigenvalue weighted by Crippen LogP contribution is -2.19. The third-order valence-electron chi connectivity index (χ3n) is 2.86. The van der Waals surface area contributed by atoms with Gasteiger partial charge in [0.2, 0.25) is 10.0 Å². The number of hydrogen-bond acceptors (Lipinski definition) is 4. The molecule has 1 aliphatic carbocycles. The van der Waals surface area contributed by atoms with Gasteiger partial charge in [-0.25, -0.2) is 8.42 Å². The quantitative estimate of drug-likeness (QED) is 0.842. The molecule has 3 N–H and O–H groups in total. The number of anilines is 1. The second-order valence-electron chi connectivity index (χ2n) is 4.45. The zero-order valence-corrected chi connectivity index (χ0v) is 10.7. The van der Waals surface area contributed by atoms with E-state index in [1.807, 2.05) is 6.07 Å². The van der Waals surface area contributed by atoms with E-state index < -0.39 is 10.0 Å². The maximum atomic E-state index is 11.2. The van der Waals surface area contributed by atoms with Gasteiger partial charge in [0.1, 0.15) is 5.75 Å². The second kappa shape index (κ2) is 3.89. The van der Waals surface area contributed by atoms with Gasteiger partial charge < -0.3 is 10.5 Å². The van der Waals surface area contributed by atoms with Crippen LogP contribution in [0.5, 0.6) is 5.75 Å². The van der Waals surface area contributed by atoms with Crippen LogP contribution >= 0.6 is 0 Å². The van der Waals surface area contributed by atoms with Crippen molar-refractivity contribution in [1.29, 1.82) is 0 Å². The number of benzene rings is 1. The molecule has 0 radical (unpaired) electrons. The third-order valence-corrected chi connectivity index (χ3v) is 3.45. The number of sulfonamides is 1. The van der Waals surface area contributed by atoms with Crippen LogP contribution in [-0.4, -0.2) is 21.8 Å². The van der Waals surface area contributed by atoms with Crippen LogP contribution in [0.25, 0.3) is 0 Å². The van der Waals surface area contributed by atoms with E-state index in [0.717, 1.165) is 24.7 Å². The number of ether oxygens (including phenoxy) is 1. The van der Waals surface area contributed by atoms with Crippen molar-refractivity contribution in [3.8, 4) is 5.75 Å². The highest BCUT2D eigenvalue weighted by atomic mass is 32.2. The van der Waals surface area contributed by atoms with E-state index in [1.165, 1.54) is 7.11 Å². The summed E-state index contributed by atoms with van der Waals surface area (Å²) in [6.45, 7) is 0. The van der Waals surface area contributed by atoms with Crippen molar-refractivity contribution in [2.75, 3.05) is 18.1 Å². The summed E-state index contributed by atoms with van der Waals surface area (Å²) in [5, 5.41) is 0. The minimum Gasteiger partial charge on any atom is -0.495 e. The Morgan fingerprint density at radius 2 is 2.06 bits per heavy atom. The lowest BCUT2D eigenvalue weighted by Gasteiger charge is -2.14. The SMILES string of the molecule is COc1cc(C2(N)CC2)ccc1NS(C)(=O)=O. The fourth-order valence-electron chi connectivity index (χ4n) is 1.71. The molecule has 1 saturated carbocycles. The Bertz CT molecular complexity index is 536. The summed E-state index contributed by atoms with van der Waals surface area (Å²) < 4.78 is 29.9. The first-order chi connectivity index (χ1) is 7.84. The normalized spacial score (nSPS) is 17.6. The van der Waals surface area contributed by atoms with Gasteiger partial charge in [0, 0.05) is 5.54 Å². The average Bonchev–Trinajstić information content (AvgIpc) is 2.96. The summed E-state index contributed by atoms with van der Waals surface area (Å²) in [6, 6.07) is 5.31. The topological polar surface area (TPSA) is 81.4 Å². The van der Waals surface area contributed by atoms with Crippen molar-refractivity contribution in [3.05, 3.63) is 23.8 Å². The summed E-state index contributed by atoms with van der Waals surface area (Å²) >= 11 is 0. The van der Waals surface area contributed by atoms with Crippen LogP contribution < -0.4 is 15.2 Å². The van der Waals surface area contributed by atoms with E-state index in [-0.39, 0.29) is 5.54 Å². The summed E-state index contributed by atoms with van der Waals surface area (Å²) in [5.41, 5.74) is 7.23. The zero-order chi connectivity index (χ0) is 12.7. The molecule has 0 amide bonds. The molecule has 0 aliphatic heterocycles. The Labute approximate surface area is 101 Å². The summed E-state index contributed by atoms with van der Waals surface area (Å²) in [6.07, 6.45) is 3.01. The molecular formula is C11H16N2O3S. The van der Waals surface area contributed by atoms with Gasteiger partial charge in [-0.3, -0.25) is 4.72 Å². The fourth-order valence-corrected chi connectivity index (χ4v) is 2.28. The van der Waals surface area contributed by atoms with Crippen molar-refractivity contribution in [1.82, 2.24) is 0 Å². The average molecular weight is 256 g/mol. The molecule has 2 rings (SSSR count). The van der Waals surface area contributed by atoms with Crippen molar-refractivity contribution in [2.45, 2.75) is 18.4 Å². The Hall–Kier alpha value is -1.27. The van der Waals surface area contributed by atoms with Crippen molar-refractivity contribution >= 4 is 15.7 Å². The molecule has 1 aromatic carbocycles. The molecule has 0 spiro atoms. The first kappa shape index (κ1) is 12.2. The largest absolute Gasteiger partial charge is 0.495 e. The molecule has 0 saturated heterocycles. The first-order valence-electron chi connectivity index (χ1n) is 5.29. The van der Waals surface area contributed by atoms with Crippen LogP contribution in [0.15, 0.2) is 18.2 Å². The smallest absolute Gasteiger partial charge is 0.229 e. The first-order valence-corrected chi connectivity index (χ1v) is 7.18. The maximum Gasteiger partial charge on any atom is 0.229 e. The lowest BCUT2D eigenvalue weighted by atomic mass is 10.1. The van der Waals surface area contributed by atoms with Crippen LogP contribution in [0.1, 0.15) is 18.4 Å². The van der Waals surface area contributed by atoms with Gasteiger partial charge in [-0.05, 0) is 30.5 Å². The van der Waals surface area contributed by atoms with Gasteiger partial charge in [-0.15, -0.1) is 0 Å². The van der Waals surface area contributed by atoms with Crippen molar-refractivity contribution in [3.63, 3.8) is 0 Å². The number of nitrogens with two attached hydrogens (primary N) is 1. The number of rotatable bonds is 4. The van der Waals surface area contributed by atoms with Crippen LogP contribution in [0.3, 0.4) is 0 Å². The molecule has 0 bridgehead atoms. The maximum absolute atomic E-state index is 11.2. The van der Waals surface area contributed by atoms with Crippen molar-refractivity contribution < 1.29 is 13.2 Å². The number of nitrogens with one attached hydrogen (secondary N) is 1. The molecular weight excluding hydrogens is 240 g/mol. The molecule has 94 valence electrons. The highest BCUT2D eigenvalue weighted by Crippen LogP contribution is 2.44. The van der Waals surface area contributed by atoms with Gasteiger partial charge in [0.15, 0.2) is 0 Å². The van der Waals surface area contributed by atoms with E-state index >= 15 is 0 Å². The van der Waals surface area contributed by atoms with Crippen LogP contribution in [-0.2, 0) is 15.6 Å². The van der Waals surface area contributed by atoms with Gasteiger partial charge >= 0.3 is 0 Å². The molecule has 0 atom stereocenters. The standard InChI is InChI=1S/C11H16N2O3S/c1-16-10-7-8(11(12)5-6-11)3-4-9(10)13-17(2,14)15/h3-4,7,13H,5-6,12H2,1-2H3. The molecule has 6 heteroatoms. The molecule has 0 unspecified atom stereocenters. The van der Waals surface area contributed by atoms with Gasteiger partial charge in [-0.2, -0.15) is 0 Å². The van der Waals surface area contributed by atoms with Gasteiger partial charge in [0.25, 0.3) is 0 Å². The van der Waals surface area contributed by atoms with Crippen LogP contribution in [0.2, 0.25) is 0 Å². The predicted octanol–water partition coefficient (Wildman–Crippen LogP) is 1.01. The summed E-state index contributed by atoms with van der Waals surface area (Å²) in [5.74, 6) is 0.490. The fraction of sp³-hybridized carbons (Fsp3) is 0.455. The van der Waals surface area contributed by atoms with Crippen LogP contribution in [0.4, 0.5) is 5.69 Å². The molecule has 1 fully saturated rings. The Morgan fingerprint density at radius 3 is 2.53 bits per heavy atom. The van der Waals surface area contributed by atoms with Crippen molar-refractivity contribution in [2.24, 2.45) is 5.73 Å². The highest BCUT2D eigenvalue weighted by Gasteiger charge is 2.40. The minimum absolute atomic E-state index is 0.253. The van der Waals surface area contributed by atoms with E-state index in [4.69, 9.17) is 10.5 Å². The van der Waals surface area contributed by atoms with Gasteiger partial charge in [-0.1, -0.05) is 6.07 Å². The molecule has 5 nitrogen and oxygen atoms in total. The molecule has 0 heterocycles. The van der Waals surface area contributed by atoms with E-state index in [9.17, 15) is 8.42 Å². The van der Waals surface area contributed by atoms with Crippen LogP contribution in [0, 0.1) is 0 Å².